The SMILES string of the molecule is CCOC(=O)c1cccc(NC(=O)C(CC)N(c2ccc(F)cc2)S(C)(=O)=O)c1. The molecule has 2 rings (SSSR count). The molecular weight excluding hydrogens is 399 g/mol. The number of ether oxygens (including phenoxy) is 1. The molecule has 2 aromatic rings. The van der Waals surface area contributed by atoms with Gasteiger partial charge in [-0.25, -0.2) is 17.6 Å². The minimum atomic E-state index is -3.83. The first-order valence-electron chi connectivity index (χ1n) is 9.00. The minimum absolute atomic E-state index is 0.174. The Morgan fingerprint density at radius 3 is 2.34 bits per heavy atom. The second-order valence-corrected chi connectivity index (χ2v) is 8.11. The third kappa shape index (κ3) is 5.77. The molecule has 2 aromatic carbocycles. The highest BCUT2D eigenvalue weighted by Crippen LogP contribution is 2.24. The maximum absolute atomic E-state index is 13.2. The van der Waals surface area contributed by atoms with Crippen LogP contribution < -0.4 is 9.62 Å². The van der Waals surface area contributed by atoms with E-state index in [0.717, 1.165) is 22.7 Å². The van der Waals surface area contributed by atoms with Crippen molar-refractivity contribution < 1.29 is 27.1 Å². The zero-order chi connectivity index (χ0) is 21.6. The van der Waals surface area contributed by atoms with Crippen LogP contribution >= 0.6 is 0 Å². The van der Waals surface area contributed by atoms with E-state index in [0.29, 0.717) is 5.69 Å². The third-order valence-corrected chi connectivity index (χ3v) is 5.23. The van der Waals surface area contributed by atoms with Gasteiger partial charge in [0.05, 0.1) is 24.1 Å². The van der Waals surface area contributed by atoms with E-state index in [-0.39, 0.29) is 24.3 Å². The summed E-state index contributed by atoms with van der Waals surface area (Å²) in [6.45, 7) is 3.57. The van der Waals surface area contributed by atoms with Crippen LogP contribution in [0, 0.1) is 5.82 Å². The largest absolute Gasteiger partial charge is 0.462 e. The summed E-state index contributed by atoms with van der Waals surface area (Å²) >= 11 is 0. The fourth-order valence-corrected chi connectivity index (χ4v) is 4.02. The van der Waals surface area contributed by atoms with E-state index >= 15 is 0 Å². The van der Waals surface area contributed by atoms with Crippen LogP contribution in [-0.4, -0.2) is 39.2 Å². The molecule has 29 heavy (non-hydrogen) atoms. The number of sulfonamides is 1. The van der Waals surface area contributed by atoms with Gasteiger partial charge in [0.1, 0.15) is 11.9 Å². The number of halogens is 1. The summed E-state index contributed by atoms with van der Waals surface area (Å²) in [6, 6.07) is 9.94. The second kappa shape index (κ2) is 9.51. The van der Waals surface area contributed by atoms with Gasteiger partial charge >= 0.3 is 5.97 Å². The summed E-state index contributed by atoms with van der Waals surface area (Å²) in [7, 11) is -3.83. The number of carbonyl (C=O) groups excluding carboxylic acids is 2. The van der Waals surface area contributed by atoms with Gasteiger partial charge in [-0.3, -0.25) is 9.10 Å². The van der Waals surface area contributed by atoms with Crippen LogP contribution in [0.15, 0.2) is 48.5 Å². The van der Waals surface area contributed by atoms with Crippen molar-refractivity contribution in [1.82, 2.24) is 0 Å². The number of esters is 1. The van der Waals surface area contributed by atoms with Gasteiger partial charge in [-0.15, -0.1) is 0 Å². The molecule has 1 N–H and O–H groups in total. The summed E-state index contributed by atoms with van der Waals surface area (Å²) in [5.74, 6) is -1.63. The summed E-state index contributed by atoms with van der Waals surface area (Å²) in [4.78, 5) is 24.7. The lowest BCUT2D eigenvalue weighted by molar-refractivity contribution is -0.117. The molecule has 1 unspecified atom stereocenters. The van der Waals surface area contributed by atoms with E-state index in [1.807, 2.05) is 0 Å². The van der Waals surface area contributed by atoms with Gasteiger partial charge in [0, 0.05) is 5.69 Å². The topological polar surface area (TPSA) is 92.8 Å². The van der Waals surface area contributed by atoms with Crippen LogP contribution in [0.4, 0.5) is 15.8 Å². The first kappa shape index (κ1) is 22.4. The van der Waals surface area contributed by atoms with Crippen LogP contribution in [0.1, 0.15) is 30.6 Å². The molecule has 0 fully saturated rings. The highest BCUT2D eigenvalue weighted by Gasteiger charge is 2.31. The van der Waals surface area contributed by atoms with Crippen molar-refractivity contribution in [2.24, 2.45) is 0 Å². The molecule has 0 heterocycles. The molecule has 156 valence electrons. The van der Waals surface area contributed by atoms with Crippen LogP contribution in [0.2, 0.25) is 0 Å². The Labute approximate surface area is 169 Å². The normalized spacial score (nSPS) is 12.1. The highest BCUT2D eigenvalue weighted by atomic mass is 32.2. The quantitative estimate of drug-likeness (QED) is 0.660. The van der Waals surface area contributed by atoms with E-state index in [9.17, 15) is 22.4 Å². The van der Waals surface area contributed by atoms with Crippen LogP contribution in [0.5, 0.6) is 0 Å². The second-order valence-electron chi connectivity index (χ2n) is 6.25. The number of carbonyl (C=O) groups is 2. The summed E-state index contributed by atoms with van der Waals surface area (Å²) < 4.78 is 43.9. The standard InChI is InChI=1S/C20H23FN2O5S/c1-4-18(23(29(3,26)27)17-11-9-15(21)10-12-17)19(24)22-16-8-6-7-14(13-16)20(25)28-5-2/h6-13,18H,4-5H2,1-3H3,(H,22,24). The smallest absolute Gasteiger partial charge is 0.338 e. The molecule has 9 heteroatoms. The lowest BCUT2D eigenvalue weighted by Gasteiger charge is -2.30. The van der Waals surface area contributed by atoms with Gasteiger partial charge < -0.3 is 10.1 Å². The molecule has 0 spiro atoms. The van der Waals surface area contributed by atoms with E-state index < -0.39 is 33.8 Å². The fourth-order valence-electron chi connectivity index (χ4n) is 2.81. The highest BCUT2D eigenvalue weighted by molar-refractivity contribution is 7.92. The average Bonchev–Trinajstić information content (AvgIpc) is 2.66. The molecule has 7 nitrogen and oxygen atoms in total. The molecule has 1 amide bonds. The van der Waals surface area contributed by atoms with Crippen molar-refractivity contribution in [3.8, 4) is 0 Å². The molecule has 0 saturated heterocycles. The fraction of sp³-hybridized carbons (Fsp3) is 0.300. The minimum Gasteiger partial charge on any atom is -0.462 e. The Kier molecular flexibility index (Phi) is 7.33. The van der Waals surface area contributed by atoms with E-state index in [1.165, 1.54) is 18.2 Å². The molecule has 0 saturated carbocycles. The maximum Gasteiger partial charge on any atom is 0.338 e. The Bertz CT molecular complexity index is 977. The predicted octanol–water partition coefficient (Wildman–Crippen LogP) is 3.19. The van der Waals surface area contributed by atoms with Crippen LogP contribution in [0.25, 0.3) is 0 Å². The predicted molar refractivity (Wildman–Crippen MR) is 109 cm³/mol. The van der Waals surface area contributed by atoms with Crippen LogP contribution in [0.3, 0.4) is 0 Å². The maximum atomic E-state index is 13.2. The number of amides is 1. The first-order valence-corrected chi connectivity index (χ1v) is 10.8. The monoisotopic (exact) mass is 422 g/mol. The Hall–Kier alpha value is -2.94. The third-order valence-electron chi connectivity index (χ3n) is 4.05. The zero-order valence-electron chi connectivity index (χ0n) is 16.4. The Morgan fingerprint density at radius 2 is 1.79 bits per heavy atom. The molecule has 0 bridgehead atoms. The van der Waals surface area contributed by atoms with Crippen molar-refractivity contribution >= 4 is 33.3 Å². The summed E-state index contributed by atoms with van der Waals surface area (Å²) in [6.07, 6.45) is 1.15. The molecule has 0 radical (unpaired) electrons. The summed E-state index contributed by atoms with van der Waals surface area (Å²) in [5, 5.41) is 2.64. The Morgan fingerprint density at radius 1 is 1.14 bits per heavy atom. The molecular formula is C20H23FN2O5S. The number of hydrogen-bond donors (Lipinski definition) is 1. The van der Waals surface area contributed by atoms with E-state index in [1.54, 1.807) is 32.0 Å². The van der Waals surface area contributed by atoms with E-state index in [2.05, 4.69) is 5.32 Å². The summed E-state index contributed by atoms with van der Waals surface area (Å²) in [5.41, 5.74) is 0.763. The molecule has 0 aliphatic heterocycles. The lowest BCUT2D eigenvalue weighted by Crippen LogP contribution is -2.47. The van der Waals surface area contributed by atoms with Crippen molar-refractivity contribution in [1.29, 1.82) is 0 Å². The van der Waals surface area contributed by atoms with Gasteiger partial charge in [-0.1, -0.05) is 13.0 Å². The number of nitrogens with zero attached hydrogens (tertiary/aromatic N) is 1. The zero-order valence-corrected chi connectivity index (χ0v) is 17.2. The number of anilines is 2. The van der Waals surface area contributed by atoms with Gasteiger partial charge in [-0.2, -0.15) is 0 Å². The molecule has 1 atom stereocenters. The van der Waals surface area contributed by atoms with Gasteiger partial charge in [-0.05, 0) is 55.8 Å². The Balaban J connectivity index is 2.32. The van der Waals surface area contributed by atoms with Gasteiger partial charge in [0.25, 0.3) is 0 Å². The van der Waals surface area contributed by atoms with Crippen molar-refractivity contribution in [3.63, 3.8) is 0 Å². The molecule has 0 aliphatic carbocycles. The lowest BCUT2D eigenvalue weighted by atomic mass is 10.1. The average molecular weight is 422 g/mol. The number of rotatable bonds is 8. The van der Waals surface area contributed by atoms with Crippen LogP contribution in [-0.2, 0) is 19.6 Å². The van der Waals surface area contributed by atoms with Crippen molar-refractivity contribution in [2.45, 2.75) is 26.3 Å². The van der Waals surface area contributed by atoms with Crippen molar-refractivity contribution in [3.05, 3.63) is 59.9 Å². The van der Waals surface area contributed by atoms with Gasteiger partial charge in [0.2, 0.25) is 15.9 Å². The molecule has 0 aromatic heterocycles. The molecule has 0 aliphatic rings. The van der Waals surface area contributed by atoms with Crippen molar-refractivity contribution in [2.75, 3.05) is 22.5 Å². The number of hydrogen-bond acceptors (Lipinski definition) is 5. The van der Waals surface area contributed by atoms with Gasteiger partial charge in [0.15, 0.2) is 0 Å². The van der Waals surface area contributed by atoms with E-state index in [4.69, 9.17) is 4.74 Å². The number of nitrogens with one attached hydrogen (secondary N) is 1. The first-order chi connectivity index (χ1) is 13.7. The number of benzene rings is 2.